The first kappa shape index (κ1) is 24.5. The summed E-state index contributed by atoms with van der Waals surface area (Å²) in [6.07, 6.45) is 2.62. The summed E-state index contributed by atoms with van der Waals surface area (Å²) in [5, 5.41) is 8.80. The number of benzene rings is 1. The average molecular weight is 461 g/mol. The van der Waals surface area contributed by atoms with Crippen molar-refractivity contribution in [3.63, 3.8) is 0 Å². The number of hydrogen-bond donors (Lipinski definition) is 2. The predicted molar refractivity (Wildman–Crippen MR) is 134 cm³/mol. The topological polar surface area (TPSA) is 114 Å². The van der Waals surface area contributed by atoms with E-state index in [9.17, 15) is 4.39 Å². The van der Waals surface area contributed by atoms with E-state index >= 15 is 0 Å². The number of halogens is 1. The van der Waals surface area contributed by atoms with Crippen molar-refractivity contribution in [3.8, 4) is 29.8 Å². The molecule has 4 N–H and O–H groups in total. The van der Waals surface area contributed by atoms with Gasteiger partial charge in [-0.15, -0.1) is 0 Å². The molecule has 0 atom stereocenters. The third-order valence-corrected chi connectivity index (χ3v) is 4.48. The highest BCUT2D eigenvalue weighted by Crippen LogP contribution is 2.10. The molecule has 0 aliphatic rings. The van der Waals surface area contributed by atoms with Gasteiger partial charge in [0.1, 0.15) is 17.2 Å². The molecular formula is C28H21FN6. The van der Waals surface area contributed by atoms with Gasteiger partial charge in [-0.2, -0.15) is 5.26 Å². The molecule has 0 saturated heterocycles. The number of pyridine rings is 3. The van der Waals surface area contributed by atoms with E-state index in [0.717, 1.165) is 23.1 Å². The molecule has 4 aromatic rings. The van der Waals surface area contributed by atoms with Crippen molar-refractivity contribution in [1.82, 2.24) is 15.0 Å². The Balaban J connectivity index is 0.000000196. The third kappa shape index (κ3) is 7.43. The van der Waals surface area contributed by atoms with E-state index in [0.29, 0.717) is 33.9 Å². The molecule has 1 aromatic carbocycles. The van der Waals surface area contributed by atoms with Crippen LogP contribution in [0.1, 0.15) is 39.5 Å². The minimum atomic E-state index is -0.415. The summed E-state index contributed by atoms with van der Waals surface area (Å²) in [5.41, 5.74) is 17.2. The molecule has 0 spiro atoms. The Bertz CT molecular complexity index is 1530. The van der Waals surface area contributed by atoms with E-state index in [4.69, 9.17) is 16.7 Å². The van der Waals surface area contributed by atoms with Gasteiger partial charge in [0, 0.05) is 28.7 Å². The second-order valence-corrected chi connectivity index (χ2v) is 7.37. The number of nitriles is 1. The normalized spacial score (nSPS) is 9.31. The number of aryl methyl sites for hydroxylation is 2. The summed E-state index contributed by atoms with van der Waals surface area (Å²) in [4.78, 5) is 12.2. The summed E-state index contributed by atoms with van der Waals surface area (Å²) < 4.78 is 12.9. The monoisotopic (exact) mass is 460 g/mol. The van der Waals surface area contributed by atoms with Crippen LogP contribution in [0.25, 0.3) is 0 Å². The highest BCUT2D eigenvalue weighted by molar-refractivity contribution is 5.55. The van der Waals surface area contributed by atoms with Crippen molar-refractivity contribution >= 4 is 11.4 Å². The second-order valence-electron chi connectivity index (χ2n) is 7.37. The summed E-state index contributed by atoms with van der Waals surface area (Å²) in [7, 11) is 0. The maximum absolute atomic E-state index is 12.9. The zero-order valence-electron chi connectivity index (χ0n) is 19.2. The summed E-state index contributed by atoms with van der Waals surface area (Å²) in [5.74, 6) is 11.1. The minimum Gasteiger partial charge on any atom is -0.396 e. The van der Waals surface area contributed by atoms with Gasteiger partial charge in [0.2, 0.25) is 0 Å². The molecule has 3 heterocycles. The molecule has 0 aliphatic heterocycles. The lowest BCUT2D eigenvalue weighted by Gasteiger charge is -1.98. The summed E-state index contributed by atoms with van der Waals surface area (Å²) in [6, 6.07) is 17.7. The number of nitrogen functional groups attached to an aromatic ring is 2. The molecular weight excluding hydrogens is 439 g/mol. The predicted octanol–water partition coefficient (Wildman–Crippen LogP) is 4.15. The van der Waals surface area contributed by atoms with Crippen LogP contribution in [0.4, 0.5) is 15.8 Å². The average Bonchev–Trinajstić information content (AvgIpc) is 2.86. The first-order valence-electron chi connectivity index (χ1n) is 10.4. The van der Waals surface area contributed by atoms with Crippen LogP contribution in [0.3, 0.4) is 0 Å². The molecule has 170 valence electrons. The summed E-state index contributed by atoms with van der Waals surface area (Å²) in [6.45, 7) is 3.75. The van der Waals surface area contributed by atoms with Crippen molar-refractivity contribution < 1.29 is 4.39 Å². The number of aromatic nitrogens is 3. The maximum atomic E-state index is 12.9. The van der Waals surface area contributed by atoms with E-state index in [1.807, 2.05) is 32.0 Å². The zero-order chi connectivity index (χ0) is 25.2. The van der Waals surface area contributed by atoms with Crippen LogP contribution in [-0.4, -0.2) is 15.0 Å². The lowest BCUT2D eigenvalue weighted by molar-refractivity contribution is 0.621. The number of nitrogens with two attached hydrogens (primary N) is 2. The van der Waals surface area contributed by atoms with E-state index in [-0.39, 0.29) is 0 Å². The molecule has 7 heteroatoms. The van der Waals surface area contributed by atoms with Gasteiger partial charge in [-0.1, -0.05) is 17.9 Å². The van der Waals surface area contributed by atoms with Crippen LogP contribution in [0.2, 0.25) is 0 Å². The van der Waals surface area contributed by atoms with Crippen LogP contribution in [0, 0.1) is 54.7 Å². The van der Waals surface area contributed by atoms with Crippen molar-refractivity contribution in [3.05, 3.63) is 112 Å². The molecule has 0 amide bonds. The largest absolute Gasteiger partial charge is 0.396 e. The van der Waals surface area contributed by atoms with Gasteiger partial charge >= 0.3 is 0 Å². The van der Waals surface area contributed by atoms with Crippen LogP contribution in [0.5, 0.6) is 0 Å². The first-order valence-corrected chi connectivity index (χ1v) is 10.4. The van der Waals surface area contributed by atoms with Crippen LogP contribution in [-0.2, 0) is 0 Å². The SMILES string of the molecule is Cc1ccc(N)c(C#Cc2cccc(C#N)c2)n1.Cc1ccc(N)c(C#Cc2cncc(F)c2)n1. The minimum absolute atomic E-state index is 0.415. The first-order chi connectivity index (χ1) is 16.8. The fourth-order valence-electron chi connectivity index (χ4n) is 2.74. The van der Waals surface area contributed by atoms with E-state index < -0.39 is 5.82 Å². The van der Waals surface area contributed by atoms with Gasteiger partial charge in [-0.3, -0.25) is 4.98 Å². The van der Waals surface area contributed by atoms with E-state index in [2.05, 4.69) is 44.7 Å². The lowest BCUT2D eigenvalue weighted by Crippen LogP contribution is -1.95. The Morgan fingerprint density at radius 1 is 0.714 bits per heavy atom. The van der Waals surface area contributed by atoms with Crippen LogP contribution in [0.15, 0.2) is 67.0 Å². The van der Waals surface area contributed by atoms with Crippen molar-refractivity contribution in [2.75, 3.05) is 11.5 Å². The Hall–Kier alpha value is -5.19. The van der Waals surface area contributed by atoms with Crippen LogP contribution < -0.4 is 11.5 Å². The standard InChI is InChI=1S/C15H11N3.C13H10FN3/c1-11-5-7-14(17)15(18-11)8-6-12-3-2-4-13(9-12)10-16;1-9-2-4-12(15)13(17-9)5-3-10-6-11(14)8-16-7-10/h2-5,7,9H,17H2,1H3;2,4,6-8H,15H2,1H3. The Labute approximate surface area is 203 Å². The van der Waals surface area contributed by atoms with Gasteiger partial charge in [0.15, 0.2) is 0 Å². The molecule has 0 bridgehead atoms. The van der Waals surface area contributed by atoms with Crippen LogP contribution >= 0.6 is 0 Å². The third-order valence-electron chi connectivity index (χ3n) is 4.48. The Morgan fingerprint density at radius 2 is 1.29 bits per heavy atom. The smallest absolute Gasteiger partial charge is 0.142 e. The molecule has 6 nitrogen and oxygen atoms in total. The lowest BCUT2D eigenvalue weighted by atomic mass is 10.1. The van der Waals surface area contributed by atoms with E-state index in [1.54, 1.807) is 30.3 Å². The van der Waals surface area contributed by atoms with Gasteiger partial charge < -0.3 is 11.5 Å². The molecule has 3 aromatic heterocycles. The van der Waals surface area contributed by atoms with E-state index in [1.165, 1.54) is 12.3 Å². The number of rotatable bonds is 0. The van der Waals surface area contributed by atoms with Crippen molar-refractivity contribution in [1.29, 1.82) is 5.26 Å². The quantitative estimate of drug-likeness (QED) is 0.381. The zero-order valence-corrected chi connectivity index (χ0v) is 19.2. The maximum Gasteiger partial charge on any atom is 0.142 e. The highest BCUT2D eigenvalue weighted by Gasteiger charge is 1.98. The molecule has 4 rings (SSSR count). The van der Waals surface area contributed by atoms with Gasteiger partial charge in [0.25, 0.3) is 0 Å². The molecule has 0 unspecified atom stereocenters. The van der Waals surface area contributed by atoms with Gasteiger partial charge in [-0.25, -0.2) is 14.4 Å². The van der Waals surface area contributed by atoms with Crippen molar-refractivity contribution in [2.24, 2.45) is 0 Å². The van der Waals surface area contributed by atoms with Gasteiger partial charge in [0.05, 0.1) is 29.2 Å². The second kappa shape index (κ2) is 11.6. The molecule has 35 heavy (non-hydrogen) atoms. The van der Waals surface area contributed by atoms with Crippen molar-refractivity contribution in [2.45, 2.75) is 13.8 Å². The Kier molecular flexibility index (Phi) is 8.11. The molecule has 0 fully saturated rings. The molecule has 0 aliphatic carbocycles. The van der Waals surface area contributed by atoms with Gasteiger partial charge in [-0.05, 0) is 74.2 Å². The summed E-state index contributed by atoms with van der Waals surface area (Å²) >= 11 is 0. The number of anilines is 2. The highest BCUT2D eigenvalue weighted by atomic mass is 19.1. The Morgan fingerprint density at radius 3 is 1.86 bits per heavy atom. The number of nitrogens with zero attached hydrogens (tertiary/aromatic N) is 4. The molecule has 0 radical (unpaired) electrons. The number of hydrogen-bond acceptors (Lipinski definition) is 6. The fourth-order valence-corrected chi connectivity index (χ4v) is 2.74. The fraction of sp³-hybridized carbons (Fsp3) is 0.0714. The molecule has 0 saturated carbocycles.